The fraction of sp³-hybridized carbons (Fsp3) is 0.350. The summed E-state index contributed by atoms with van der Waals surface area (Å²) in [6, 6.07) is 17.2. The van der Waals surface area contributed by atoms with Gasteiger partial charge >= 0.3 is 0 Å². The minimum atomic E-state index is -0.0221. The van der Waals surface area contributed by atoms with Crippen molar-refractivity contribution in [3.8, 4) is 0 Å². The minimum Gasteiger partial charge on any atom is -0.383 e. The molecule has 6 nitrogen and oxygen atoms in total. The van der Waals surface area contributed by atoms with E-state index in [0.717, 1.165) is 18.8 Å². The zero-order valence-electron chi connectivity index (χ0n) is 15.2. The molecule has 6 heteroatoms. The van der Waals surface area contributed by atoms with Gasteiger partial charge < -0.3 is 9.64 Å². The number of benzene rings is 2. The quantitative estimate of drug-likeness (QED) is 0.685. The van der Waals surface area contributed by atoms with Crippen LogP contribution in [0, 0.1) is 6.92 Å². The second kappa shape index (κ2) is 7.25. The van der Waals surface area contributed by atoms with Crippen LogP contribution in [-0.4, -0.2) is 40.5 Å². The summed E-state index contributed by atoms with van der Waals surface area (Å²) in [5.74, 6) is 0.850. The van der Waals surface area contributed by atoms with Gasteiger partial charge in [0.05, 0.1) is 13.2 Å². The van der Waals surface area contributed by atoms with Crippen LogP contribution in [0.2, 0.25) is 0 Å². The van der Waals surface area contributed by atoms with Gasteiger partial charge in [0.1, 0.15) is 6.04 Å². The zero-order chi connectivity index (χ0) is 17.9. The highest BCUT2D eigenvalue weighted by Crippen LogP contribution is 2.37. The third-order valence-electron chi connectivity index (χ3n) is 4.94. The number of hydrogen-bond donors (Lipinski definition) is 0. The third kappa shape index (κ3) is 3.08. The summed E-state index contributed by atoms with van der Waals surface area (Å²) in [7, 11) is 1.69. The Bertz CT molecular complexity index is 874. The van der Waals surface area contributed by atoms with E-state index in [0.29, 0.717) is 13.2 Å². The van der Waals surface area contributed by atoms with E-state index in [1.807, 2.05) is 4.68 Å². The number of rotatable bonds is 6. The molecular weight excluding hydrogens is 326 g/mol. The number of para-hydroxylation sites is 1. The van der Waals surface area contributed by atoms with Gasteiger partial charge in [0.15, 0.2) is 5.82 Å². The Kier molecular flexibility index (Phi) is 4.67. The van der Waals surface area contributed by atoms with Crippen LogP contribution >= 0.6 is 0 Å². The first-order valence-corrected chi connectivity index (χ1v) is 8.94. The molecule has 0 saturated carbocycles. The maximum Gasteiger partial charge on any atom is 0.178 e. The van der Waals surface area contributed by atoms with Crippen molar-refractivity contribution in [3.05, 3.63) is 71.0 Å². The second-order valence-electron chi connectivity index (χ2n) is 6.64. The second-order valence-corrected chi connectivity index (χ2v) is 6.64. The van der Waals surface area contributed by atoms with Gasteiger partial charge in [-0.3, -0.25) is 0 Å². The summed E-state index contributed by atoms with van der Waals surface area (Å²) >= 11 is 0. The standard InChI is InChI=1S/C20H23N5O/c1-15-7-9-17(10-8-15)19(20-21-22-23-25(20)13-14-26-2)24-12-11-16-5-3-4-6-18(16)24/h3-10,19H,11-14H2,1-2H3. The molecule has 1 aliphatic rings. The van der Waals surface area contributed by atoms with Crippen molar-refractivity contribution in [1.29, 1.82) is 0 Å². The highest BCUT2D eigenvalue weighted by atomic mass is 16.5. The molecule has 0 spiro atoms. The molecule has 0 aliphatic carbocycles. The van der Waals surface area contributed by atoms with Crippen molar-refractivity contribution in [1.82, 2.24) is 20.2 Å². The van der Waals surface area contributed by atoms with E-state index in [9.17, 15) is 0 Å². The Morgan fingerprint density at radius 1 is 1.12 bits per heavy atom. The Hall–Kier alpha value is -2.73. The molecule has 1 aliphatic heterocycles. The van der Waals surface area contributed by atoms with Crippen LogP contribution in [0.15, 0.2) is 48.5 Å². The fourth-order valence-corrected chi connectivity index (χ4v) is 3.59. The lowest BCUT2D eigenvalue weighted by Crippen LogP contribution is -2.30. The summed E-state index contributed by atoms with van der Waals surface area (Å²) in [5, 5.41) is 12.5. The maximum absolute atomic E-state index is 5.22. The van der Waals surface area contributed by atoms with E-state index in [4.69, 9.17) is 4.74 Å². The van der Waals surface area contributed by atoms with Gasteiger partial charge in [0.2, 0.25) is 0 Å². The number of ether oxygens (including phenoxy) is 1. The van der Waals surface area contributed by atoms with E-state index in [2.05, 4.69) is 75.9 Å². The zero-order valence-corrected chi connectivity index (χ0v) is 15.2. The lowest BCUT2D eigenvalue weighted by atomic mass is 10.0. The molecule has 1 atom stereocenters. The van der Waals surface area contributed by atoms with E-state index < -0.39 is 0 Å². The predicted molar refractivity (Wildman–Crippen MR) is 100 cm³/mol. The van der Waals surface area contributed by atoms with Crippen LogP contribution in [0.5, 0.6) is 0 Å². The molecular formula is C20H23N5O. The predicted octanol–water partition coefficient (Wildman–Crippen LogP) is 2.78. The molecule has 26 heavy (non-hydrogen) atoms. The maximum atomic E-state index is 5.22. The van der Waals surface area contributed by atoms with Crippen molar-refractivity contribution < 1.29 is 4.74 Å². The molecule has 2 heterocycles. The largest absolute Gasteiger partial charge is 0.383 e. The Morgan fingerprint density at radius 2 is 1.92 bits per heavy atom. The van der Waals surface area contributed by atoms with E-state index >= 15 is 0 Å². The Labute approximate surface area is 153 Å². The molecule has 0 saturated heterocycles. The number of anilines is 1. The molecule has 2 aromatic carbocycles. The molecule has 0 N–H and O–H groups in total. The average Bonchev–Trinajstić information content (AvgIpc) is 3.30. The van der Waals surface area contributed by atoms with Crippen molar-refractivity contribution in [2.45, 2.75) is 25.9 Å². The number of methoxy groups -OCH3 is 1. The van der Waals surface area contributed by atoms with E-state index in [-0.39, 0.29) is 6.04 Å². The Morgan fingerprint density at radius 3 is 2.73 bits per heavy atom. The highest BCUT2D eigenvalue weighted by molar-refractivity contribution is 5.60. The summed E-state index contributed by atoms with van der Waals surface area (Å²) in [5.41, 5.74) is 5.08. The van der Waals surface area contributed by atoms with Crippen LogP contribution in [0.1, 0.15) is 28.6 Å². The monoisotopic (exact) mass is 349 g/mol. The van der Waals surface area contributed by atoms with E-state index in [1.165, 1.54) is 22.4 Å². The third-order valence-corrected chi connectivity index (χ3v) is 4.94. The van der Waals surface area contributed by atoms with Gasteiger partial charge in [-0.25, -0.2) is 4.68 Å². The van der Waals surface area contributed by atoms with Gasteiger partial charge in [-0.15, -0.1) is 5.10 Å². The van der Waals surface area contributed by atoms with E-state index in [1.54, 1.807) is 7.11 Å². The first-order chi connectivity index (χ1) is 12.8. The summed E-state index contributed by atoms with van der Waals surface area (Å²) in [4.78, 5) is 2.41. The van der Waals surface area contributed by atoms with Gasteiger partial charge in [-0.1, -0.05) is 48.0 Å². The van der Waals surface area contributed by atoms with Crippen molar-refractivity contribution in [3.63, 3.8) is 0 Å². The lowest BCUT2D eigenvalue weighted by molar-refractivity contribution is 0.181. The average molecular weight is 349 g/mol. The molecule has 1 unspecified atom stereocenters. The van der Waals surface area contributed by atoms with Crippen LogP contribution in [0.3, 0.4) is 0 Å². The van der Waals surface area contributed by atoms with Crippen molar-refractivity contribution in [2.75, 3.05) is 25.2 Å². The molecule has 0 amide bonds. The SMILES string of the molecule is COCCn1nnnc1C(c1ccc(C)cc1)N1CCc2ccccc21. The number of nitrogens with zero attached hydrogens (tertiary/aromatic N) is 5. The van der Waals surface area contributed by atoms with Gasteiger partial charge in [-0.2, -0.15) is 0 Å². The van der Waals surface area contributed by atoms with Gasteiger partial charge in [0.25, 0.3) is 0 Å². The number of aromatic nitrogens is 4. The summed E-state index contributed by atoms with van der Waals surface area (Å²) in [6.07, 6.45) is 1.04. The lowest BCUT2D eigenvalue weighted by Gasteiger charge is -2.30. The molecule has 1 aromatic heterocycles. The van der Waals surface area contributed by atoms with Crippen LogP contribution in [0.25, 0.3) is 0 Å². The number of tetrazole rings is 1. The van der Waals surface area contributed by atoms with Crippen LogP contribution in [-0.2, 0) is 17.7 Å². The van der Waals surface area contributed by atoms with Gasteiger partial charge in [0, 0.05) is 19.3 Å². The first-order valence-electron chi connectivity index (χ1n) is 8.94. The topological polar surface area (TPSA) is 56.1 Å². The number of fused-ring (bicyclic) bond motifs is 1. The Balaban J connectivity index is 1.79. The van der Waals surface area contributed by atoms with Crippen molar-refractivity contribution in [2.24, 2.45) is 0 Å². The van der Waals surface area contributed by atoms with Crippen molar-refractivity contribution >= 4 is 5.69 Å². The normalized spacial score (nSPS) is 14.5. The van der Waals surface area contributed by atoms with Gasteiger partial charge in [-0.05, 0) is 41.0 Å². The molecule has 0 radical (unpaired) electrons. The fourth-order valence-electron chi connectivity index (χ4n) is 3.59. The molecule has 134 valence electrons. The molecule has 3 aromatic rings. The smallest absolute Gasteiger partial charge is 0.178 e. The molecule has 0 bridgehead atoms. The first kappa shape index (κ1) is 16.7. The van der Waals surface area contributed by atoms with Crippen LogP contribution < -0.4 is 4.90 Å². The summed E-state index contributed by atoms with van der Waals surface area (Å²) in [6.45, 7) is 4.27. The number of hydrogen-bond acceptors (Lipinski definition) is 5. The summed E-state index contributed by atoms with van der Waals surface area (Å²) < 4.78 is 7.08. The highest BCUT2D eigenvalue weighted by Gasteiger charge is 2.32. The van der Waals surface area contributed by atoms with Crippen LogP contribution in [0.4, 0.5) is 5.69 Å². The molecule has 4 rings (SSSR count). The molecule has 0 fully saturated rings. The minimum absolute atomic E-state index is 0.0221. The number of aryl methyl sites for hydroxylation is 1.